The van der Waals surface area contributed by atoms with Gasteiger partial charge >= 0.3 is 0 Å². The summed E-state index contributed by atoms with van der Waals surface area (Å²) in [5.41, 5.74) is 1.10. The van der Waals surface area contributed by atoms with Crippen LogP contribution in [0, 0.1) is 6.92 Å². The number of nitrogens with one attached hydrogen (secondary N) is 1. The monoisotopic (exact) mass is 209 g/mol. The number of amidine groups is 1. The summed E-state index contributed by atoms with van der Waals surface area (Å²) < 4.78 is 0. The standard InChI is InChI=1S/C10H15N3S/c1-7-6-14-10(12-7)8(2)13-9-4-3-5-11-9/h6,8H,3-5H2,1-2H3,(H,11,13). The van der Waals surface area contributed by atoms with Gasteiger partial charge in [0.15, 0.2) is 0 Å². The summed E-state index contributed by atoms with van der Waals surface area (Å²) >= 11 is 1.71. The quantitative estimate of drug-likeness (QED) is 0.811. The van der Waals surface area contributed by atoms with Crippen molar-refractivity contribution in [2.24, 2.45) is 4.99 Å². The number of hydrogen-bond acceptors (Lipinski definition) is 4. The van der Waals surface area contributed by atoms with Crippen molar-refractivity contribution in [1.82, 2.24) is 10.3 Å². The molecule has 3 nitrogen and oxygen atoms in total. The minimum atomic E-state index is 0.297. The van der Waals surface area contributed by atoms with Crippen molar-refractivity contribution < 1.29 is 0 Å². The Balaban J connectivity index is 1.98. The van der Waals surface area contributed by atoms with Gasteiger partial charge in [0.05, 0.1) is 11.9 Å². The van der Waals surface area contributed by atoms with E-state index in [1.54, 1.807) is 11.3 Å². The smallest absolute Gasteiger partial charge is 0.115 e. The number of hydrogen-bond donors (Lipinski definition) is 1. The second-order valence-corrected chi connectivity index (χ2v) is 4.51. The van der Waals surface area contributed by atoms with E-state index in [1.807, 2.05) is 6.92 Å². The fourth-order valence-corrected chi connectivity index (χ4v) is 2.34. The summed E-state index contributed by atoms with van der Waals surface area (Å²) in [5, 5.41) is 6.64. The van der Waals surface area contributed by atoms with E-state index < -0.39 is 0 Å². The number of nitrogens with zero attached hydrogens (tertiary/aromatic N) is 2. The first-order valence-corrected chi connectivity index (χ1v) is 5.85. The molecule has 2 rings (SSSR count). The molecule has 0 saturated heterocycles. The van der Waals surface area contributed by atoms with E-state index in [2.05, 4.69) is 27.6 Å². The highest BCUT2D eigenvalue weighted by Crippen LogP contribution is 2.18. The molecule has 0 bridgehead atoms. The van der Waals surface area contributed by atoms with Crippen molar-refractivity contribution in [3.8, 4) is 0 Å². The van der Waals surface area contributed by atoms with Crippen molar-refractivity contribution in [3.05, 3.63) is 16.1 Å². The third kappa shape index (κ3) is 2.12. The van der Waals surface area contributed by atoms with Gasteiger partial charge in [-0.05, 0) is 20.3 Å². The molecule has 1 aromatic heterocycles. The van der Waals surface area contributed by atoms with Crippen LogP contribution in [0.3, 0.4) is 0 Å². The van der Waals surface area contributed by atoms with Gasteiger partial charge < -0.3 is 5.32 Å². The van der Waals surface area contributed by atoms with Crippen molar-refractivity contribution >= 4 is 17.2 Å². The summed E-state index contributed by atoms with van der Waals surface area (Å²) in [6.07, 6.45) is 2.28. The molecular formula is C10H15N3S. The average Bonchev–Trinajstić information content (AvgIpc) is 2.75. The summed E-state index contributed by atoms with van der Waals surface area (Å²) in [6, 6.07) is 0.297. The molecule has 14 heavy (non-hydrogen) atoms. The Labute approximate surface area is 88.3 Å². The molecule has 1 aromatic rings. The zero-order valence-corrected chi connectivity index (χ0v) is 9.40. The van der Waals surface area contributed by atoms with Gasteiger partial charge in [-0.3, -0.25) is 4.99 Å². The van der Waals surface area contributed by atoms with Crippen LogP contribution in [0.15, 0.2) is 10.4 Å². The SMILES string of the molecule is Cc1csc(C(C)NC2=NCCC2)n1. The van der Waals surface area contributed by atoms with Crippen LogP contribution >= 0.6 is 11.3 Å². The number of thiazole rings is 1. The molecule has 0 saturated carbocycles. The predicted molar refractivity (Wildman–Crippen MR) is 59.9 cm³/mol. The van der Waals surface area contributed by atoms with E-state index >= 15 is 0 Å². The van der Waals surface area contributed by atoms with Crippen molar-refractivity contribution in [2.45, 2.75) is 32.7 Å². The Kier molecular flexibility index (Phi) is 2.82. The Bertz CT molecular complexity index is 343. The molecule has 0 aliphatic carbocycles. The number of aryl methyl sites for hydroxylation is 1. The van der Waals surface area contributed by atoms with Crippen LogP contribution in [0.5, 0.6) is 0 Å². The second-order valence-electron chi connectivity index (χ2n) is 3.63. The zero-order chi connectivity index (χ0) is 9.97. The van der Waals surface area contributed by atoms with Gasteiger partial charge in [-0.15, -0.1) is 11.3 Å². The van der Waals surface area contributed by atoms with E-state index in [9.17, 15) is 0 Å². The van der Waals surface area contributed by atoms with Crippen LogP contribution in [0.2, 0.25) is 0 Å². The van der Waals surface area contributed by atoms with Crippen LogP contribution in [0.25, 0.3) is 0 Å². The summed E-state index contributed by atoms with van der Waals surface area (Å²) in [5.74, 6) is 1.14. The fraction of sp³-hybridized carbons (Fsp3) is 0.600. The molecule has 1 unspecified atom stereocenters. The highest BCUT2D eigenvalue weighted by atomic mass is 32.1. The third-order valence-electron chi connectivity index (χ3n) is 2.26. The minimum absolute atomic E-state index is 0.297. The zero-order valence-electron chi connectivity index (χ0n) is 8.58. The van der Waals surface area contributed by atoms with E-state index in [0.29, 0.717) is 6.04 Å². The molecular weight excluding hydrogens is 194 g/mol. The van der Waals surface area contributed by atoms with Crippen molar-refractivity contribution in [1.29, 1.82) is 0 Å². The van der Waals surface area contributed by atoms with Crippen LogP contribution in [0.1, 0.15) is 36.5 Å². The maximum atomic E-state index is 4.45. The average molecular weight is 209 g/mol. The number of aliphatic imine (C=N–C) groups is 1. The Hall–Kier alpha value is -0.900. The molecule has 1 aliphatic heterocycles. The second kappa shape index (κ2) is 4.09. The van der Waals surface area contributed by atoms with E-state index in [0.717, 1.165) is 29.5 Å². The Morgan fingerprint density at radius 1 is 1.57 bits per heavy atom. The maximum Gasteiger partial charge on any atom is 0.115 e. The highest BCUT2D eigenvalue weighted by molar-refractivity contribution is 7.09. The van der Waals surface area contributed by atoms with E-state index in [4.69, 9.17) is 0 Å². The molecule has 0 amide bonds. The number of aromatic nitrogens is 1. The molecule has 76 valence electrons. The summed E-state index contributed by atoms with van der Waals surface area (Å²) in [4.78, 5) is 8.84. The van der Waals surface area contributed by atoms with Crippen LogP contribution < -0.4 is 5.32 Å². The van der Waals surface area contributed by atoms with Gasteiger partial charge in [-0.1, -0.05) is 0 Å². The topological polar surface area (TPSA) is 37.3 Å². The predicted octanol–water partition coefficient (Wildman–Crippen LogP) is 2.29. The lowest BCUT2D eigenvalue weighted by molar-refractivity contribution is 0.701. The largest absolute Gasteiger partial charge is 0.365 e. The van der Waals surface area contributed by atoms with Gasteiger partial charge in [0.25, 0.3) is 0 Å². The molecule has 0 spiro atoms. The molecule has 0 radical (unpaired) electrons. The summed E-state index contributed by atoms with van der Waals surface area (Å²) in [7, 11) is 0. The first-order chi connectivity index (χ1) is 6.75. The first kappa shape index (κ1) is 9.65. The molecule has 0 fully saturated rings. The normalized spacial score (nSPS) is 18.0. The number of rotatable bonds is 2. The van der Waals surface area contributed by atoms with E-state index in [1.165, 1.54) is 6.42 Å². The maximum absolute atomic E-state index is 4.45. The van der Waals surface area contributed by atoms with Gasteiger partial charge in [-0.25, -0.2) is 4.98 Å². The van der Waals surface area contributed by atoms with Crippen LogP contribution in [-0.4, -0.2) is 17.4 Å². The lowest BCUT2D eigenvalue weighted by Crippen LogP contribution is -2.24. The Morgan fingerprint density at radius 2 is 2.43 bits per heavy atom. The van der Waals surface area contributed by atoms with E-state index in [-0.39, 0.29) is 0 Å². The van der Waals surface area contributed by atoms with Crippen molar-refractivity contribution in [3.63, 3.8) is 0 Å². The van der Waals surface area contributed by atoms with Gasteiger partial charge in [-0.2, -0.15) is 0 Å². The minimum Gasteiger partial charge on any atom is -0.365 e. The first-order valence-electron chi connectivity index (χ1n) is 4.97. The van der Waals surface area contributed by atoms with Crippen molar-refractivity contribution in [2.75, 3.05) is 6.54 Å². The molecule has 1 N–H and O–H groups in total. The molecule has 1 aliphatic rings. The molecule has 2 heterocycles. The Morgan fingerprint density at radius 3 is 3.00 bits per heavy atom. The van der Waals surface area contributed by atoms with Gasteiger partial charge in [0, 0.05) is 24.0 Å². The highest BCUT2D eigenvalue weighted by Gasteiger charge is 2.13. The van der Waals surface area contributed by atoms with Gasteiger partial charge in [0.1, 0.15) is 5.01 Å². The molecule has 0 aromatic carbocycles. The van der Waals surface area contributed by atoms with Crippen LogP contribution in [-0.2, 0) is 0 Å². The molecule has 1 atom stereocenters. The van der Waals surface area contributed by atoms with Gasteiger partial charge in [0.2, 0.25) is 0 Å². The fourth-order valence-electron chi connectivity index (χ4n) is 1.54. The third-order valence-corrected chi connectivity index (χ3v) is 3.41. The summed E-state index contributed by atoms with van der Waals surface area (Å²) in [6.45, 7) is 5.14. The van der Waals surface area contributed by atoms with Crippen LogP contribution in [0.4, 0.5) is 0 Å². The molecule has 4 heteroatoms. The lowest BCUT2D eigenvalue weighted by atomic mass is 10.3. The lowest BCUT2D eigenvalue weighted by Gasteiger charge is -2.11.